The van der Waals surface area contributed by atoms with E-state index >= 15 is 0 Å². The Morgan fingerprint density at radius 2 is 2.00 bits per heavy atom. The Hall–Kier alpha value is -1.33. The van der Waals surface area contributed by atoms with Crippen molar-refractivity contribution < 1.29 is 4.74 Å². The molecule has 0 saturated heterocycles. The fourth-order valence-corrected chi connectivity index (χ4v) is 1.59. The Kier molecular flexibility index (Phi) is 3.49. The van der Waals surface area contributed by atoms with Crippen molar-refractivity contribution in [1.29, 1.82) is 5.26 Å². The van der Waals surface area contributed by atoms with Gasteiger partial charge in [0.25, 0.3) is 0 Å². The van der Waals surface area contributed by atoms with Crippen LogP contribution in [0.25, 0.3) is 0 Å². The maximum Gasteiger partial charge on any atom is 0.0994 e. The molecular formula is C13H17NO. The summed E-state index contributed by atoms with van der Waals surface area (Å²) < 4.78 is 5.04. The van der Waals surface area contributed by atoms with E-state index in [1.165, 1.54) is 0 Å². The van der Waals surface area contributed by atoms with Gasteiger partial charge in [-0.2, -0.15) is 5.26 Å². The van der Waals surface area contributed by atoms with Crippen LogP contribution in [-0.4, -0.2) is 7.11 Å². The molecule has 2 heteroatoms. The summed E-state index contributed by atoms with van der Waals surface area (Å²) in [6, 6.07) is 8.19. The van der Waals surface area contributed by atoms with E-state index in [0.717, 1.165) is 16.7 Å². The number of ether oxygens (including phenoxy) is 1. The summed E-state index contributed by atoms with van der Waals surface area (Å²) >= 11 is 0. The number of nitriles is 1. The summed E-state index contributed by atoms with van der Waals surface area (Å²) in [5.41, 5.74) is 2.89. The van der Waals surface area contributed by atoms with Crippen molar-refractivity contribution in [2.24, 2.45) is 0 Å². The molecule has 0 atom stereocenters. The van der Waals surface area contributed by atoms with Crippen molar-refractivity contribution in [3.63, 3.8) is 0 Å². The number of methoxy groups -OCH3 is 1. The lowest BCUT2D eigenvalue weighted by molar-refractivity contribution is 0.185. The lowest BCUT2D eigenvalue weighted by atomic mass is 9.83. The second kappa shape index (κ2) is 4.46. The fraction of sp³-hybridized carbons (Fsp3) is 0.462. The molecule has 0 spiro atoms. The van der Waals surface area contributed by atoms with Crippen LogP contribution < -0.4 is 0 Å². The molecule has 0 radical (unpaired) electrons. The zero-order valence-electron chi connectivity index (χ0n) is 9.79. The third-order valence-electron chi connectivity index (χ3n) is 2.32. The highest BCUT2D eigenvalue weighted by atomic mass is 16.5. The van der Waals surface area contributed by atoms with Gasteiger partial charge in [-0.25, -0.2) is 0 Å². The zero-order chi connectivity index (χ0) is 11.5. The molecule has 0 N–H and O–H groups in total. The van der Waals surface area contributed by atoms with Gasteiger partial charge in [0.15, 0.2) is 0 Å². The van der Waals surface area contributed by atoms with E-state index < -0.39 is 0 Å². The lowest BCUT2D eigenvalue weighted by Crippen LogP contribution is -2.13. The van der Waals surface area contributed by atoms with Crippen molar-refractivity contribution in [1.82, 2.24) is 0 Å². The van der Waals surface area contributed by atoms with Gasteiger partial charge in [0, 0.05) is 7.11 Å². The van der Waals surface area contributed by atoms with Crippen LogP contribution in [0.15, 0.2) is 18.2 Å². The Morgan fingerprint density at radius 3 is 2.47 bits per heavy atom. The summed E-state index contributed by atoms with van der Waals surface area (Å²) in [5, 5.41) is 9.08. The third-order valence-corrected chi connectivity index (χ3v) is 2.32. The van der Waals surface area contributed by atoms with Crippen molar-refractivity contribution in [2.45, 2.75) is 32.8 Å². The van der Waals surface area contributed by atoms with E-state index in [4.69, 9.17) is 10.00 Å². The summed E-state index contributed by atoms with van der Waals surface area (Å²) in [7, 11) is 1.66. The van der Waals surface area contributed by atoms with Gasteiger partial charge in [0.1, 0.15) is 0 Å². The third kappa shape index (κ3) is 2.81. The van der Waals surface area contributed by atoms with Crippen LogP contribution in [0.1, 0.15) is 37.5 Å². The SMILES string of the molecule is COCc1ccc(C(C)(C)C)c(C#N)c1. The van der Waals surface area contributed by atoms with Crippen LogP contribution in [0, 0.1) is 11.3 Å². The molecule has 80 valence electrons. The predicted molar refractivity (Wildman–Crippen MR) is 60.6 cm³/mol. The number of nitrogens with zero attached hydrogens (tertiary/aromatic N) is 1. The van der Waals surface area contributed by atoms with Gasteiger partial charge in [-0.15, -0.1) is 0 Å². The van der Waals surface area contributed by atoms with Crippen LogP contribution in [0.3, 0.4) is 0 Å². The molecule has 1 rings (SSSR count). The number of hydrogen-bond donors (Lipinski definition) is 0. The first-order valence-corrected chi connectivity index (χ1v) is 5.01. The largest absolute Gasteiger partial charge is 0.380 e. The first-order chi connectivity index (χ1) is 6.99. The topological polar surface area (TPSA) is 33.0 Å². The van der Waals surface area contributed by atoms with E-state index in [1.807, 2.05) is 18.2 Å². The van der Waals surface area contributed by atoms with Gasteiger partial charge in [-0.1, -0.05) is 32.9 Å². The van der Waals surface area contributed by atoms with E-state index in [2.05, 4.69) is 26.8 Å². The average Bonchev–Trinajstić information content (AvgIpc) is 2.16. The van der Waals surface area contributed by atoms with E-state index in [-0.39, 0.29) is 5.41 Å². The highest BCUT2D eigenvalue weighted by Crippen LogP contribution is 2.26. The molecule has 2 nitrogen and oxygen atoms in total. The molecule has 1 aromatic carbocycles. The van der Waals surface area contributed by atoms with Crippen molar-refractivity contribution in [2.75, 3.05) is 7.11 Å². The van der Waals surface area contributed by atoms with Gasteiger partial charge in [0.2, 0.25) is 0 Å². The Bertz CT molecular complexity index is 383. The summed E-state index contributed by atoms with van der Waals surface area (Å²) in [6.45, 7) is 6.89. The fourth-order valence-electron chi connectivity index (χ4n) is 1.59. The minimum atomic E-state index is 0.0106. The molecule has 0 unspecified atom stereocenters. The number of benzene rings is 1. The summed E-state index contributed by atoms with van der Waals surface area (Å²) in [4.78, 5) is 0. The van der Waals surface area contributed by atoms with Crippen molar-refractivity contribution in [3.05, 3.63) is 34.9 Å². The first-order valence-electron chi connectivity index (χ1n) is 5.01. The van der Waals surface area contributed by atoms with Crippen LogP contribution >= 0.6 is 0 Å². The van der Waals surface area contributed by atoms with Crippen LogP contribution in [0.5, 0.6) is 0 Å². The minimum Gasteiger partial charge on any atom is -0.380 e. The quantitative estimate of drug-likeness (QED) is 0.740. The monoisotopic (exact) mass is 203 g/mol. The van der Waals surface area contributed by atoms with Crippen LogP contribution in [0.2, 0.25) is 0 Å². The van der Waals surface area contributed by atoms with E-state index in [0.29, 0.717) is 6.61 Å². The normalized spacial score (nSPS) is 11.1. The second-order valence-electron chi connectivity index (χ2n) is 4.67. The molecular weight excluding hydrogens is 186 g/mol. The molecule has 0 heterocycles. The molecule has 1 aromatic rings. The van der Waals surface area contributed by atoms with Crippen LogP contribution in [0.4, 0.5) is 0 Å². The lowest BCUT2D eigenvalue weighted by Gasteiger charge is -2.20. The molecule has 0 aliphatic rings. The molecule has 0 aliphatic carbocycles. The molecule has 0 fully saturated rings. The minimum absolute atomic E-state index is 0.0106. The van der Waals surface area contributed by atoms with Gasteiger partial charge >= 0.3 is 0 Å². The van der Waals surface area contributed by atoms with Crippen molar-refractivity contribution in [3.8, 4) is 6.07 Å². The molecule has 0 saturated carbocycles. The summed E-state index contributed by atoms with van der Waals surface area (Å²) in [5.74, 6) is 0. The predicted octanol–water partition coefficient (Wildman–Crippen LogP) is 3.00. The van der Waals surface area contributed by atoms with E-state index in [9.17, 15) is 0 Å². The molecule has 0 amide bonds. The van der Waals surface area contributed by atoms with Gasteiger partial charge in [-0.05, 0) is 22.6 Å². The van der Waals surface area contributed by atoms with Gasteiger partial charge < -0.3 is 4.74 Å². The molecule has 0 aromatic heterocycles. The Labute approximate surface area is 91.5 Å². The second-order valence-corrected chi connectivity index (χ2v) is 4.67. The first kappa shape index (κ1) is 11.7. The zero-order valence-corrected chi connectivity index (χ0v) is 9.79. The standard InChI is InChI=1S/C13H17NO/c1-13(2,3)12-6-5-10(9-15-4)7-11(12)8-14/h5-7H,9H2,1-4H3. The molecule has 15 heavy (non-hydrogen) atoms. The van der Waals surface area contributed by atoms with Crippen LogP contribution in [-0.2, 0) is 16.8 Å². The number of hydrogen-bond acceptors (Lipinski definition) is 2. The Balaban J connectivity index is 3.17. The number of rotatable bonds is 2. The van der Waals surface area contributed by atoms with Gasteiger partial charge in [0.05, 0.1) is 18.2 Å². The average molecular weight is 203 g/mol. The summed E-state index contributed by atoms with van der Waals surface area (Å²) in [6.07, 6.45) is 0. The highest BCUT2D eigenvalue weighted by molar-refractivity contribution is 5.43. The van der Waals surface area contributed by atoms with Gasteiger partial charge in [-0.3, -0.25) is 0 Å². The maximum atomic E-state index is 9.08. The highest BCUT2D eigenvalue weighted by Gasteiger charge is 2.17. The van der Waals surface area contributed by atoms with Crippen molar-refractivity contribution >= 4 is 0 Å². The Morgan fingerprint density at radius 1 is 1.33 bits per heavy atom. The van der Waals surface area contributed by atoms with E-state index in [1.54, 1.807) is 7.11 Å². The molecule has 0 bridgehead atoms. The molecule has 0 aliphatic heterocycles. The smallest absolute Gasteiger partial charge is 0.0994 e. The maximum absolute atomic E-state index is 9.08.